The van der Waals surface area contributed by atoms with Crippen LogP contribution in [0, 0.1) is 5.41 Å². The van der Waals surface area contributed by atoms with E-state index in [1.807, 2.05) is 6.08 Å². The van der Waals surface area contributed by atoms with Crippen molar-refractivity contribution in [2.75, 3.05) is 27.4 Å². The number of carbonyl (C=O) groups excluding carboxylic acids is 2. The maximum absolute atomic E-state index is 12.1. The molecule has 28 heavy (non-hydrogen) atoms. The van der Waals surface area contributed by atoms with E-state index in [1.54, 1.807) is 25.1 Å². The van der Waals surface area contributed by atoms with Crippen LogP contribution in [0.4, 0.5) is 5.69 Å². The zero-order valence-corrected chi connectivity index (χ0v) is 17.1. The zero-order valence-electron chi connectivity index (χ0n) is 17.1. The molecule has 152 valence electrons. The van der Waals surface area contributed by atoms with Crippen LogP contribution in [0.3, 0.4) is 0 Å². The van der Waals surface area contributed by atoms with E-state index in [0.717, 1.165) is 24.3 Å². The Morgan fingerprint density at radius 1 is 1.21 bits per heavy atom. The van der Waals surface area contributed by atoms with Crippen LogP contribution in [-0.4, -0.2) is 45.0 Å². The van der Waals surface area contributed by atoms with Crippen LogP contribution >= 0.6 is 0 Å². The van der Waals surface area contributed by atoms with Crippen molar-refractivity contribution in [2.45, 2.75) is 33.6 Å². The van der Waals surface area contributed by atoms with Crippen molar-refractivity contribution < 1.29 is 23.8 Å². The number of hydrogen-bond donors (Lipinski definition) is 1. The molecule has 0 fully saturated rings. The number of aliphatic imine (C=N–C) groups is 1. The van der Waals surface area contributed by atoms with Gasteiger partial charge in [0.25, 0.3) is 0 Å². The quantitative estimate of drug-likeness (QED) is 0.721. The number of esters is 2. The standard InChI is InChI=1S/C21H28N2O5/c1-6-28-19(24)13-22-14-9-15(12-21(2,3)11-14)23-18-8-7-16(26-4)10-17(18)20(25)27-5/h7-10,22H,6,11-13H2,1-5H3/b23-15-. The molecule has 0 unspecified atom stereocenters. The summed E-state index contributed by atoms with van der Waals surface area (Å²) in [5, 5.41) is 3.14. The molecule has 0 radical (unpaired) electrons. The van der Waals surface area contributed by atoms with Crippen molar-refractivity contribution in [2.24, 2.45) is 10.4 Å². The first-order valence-electron chi connectivity index (χ1n) is 9.22. The molecule has 7 heteroatoms. The molecular weight excluding hydrogens is 360 g/mol. The minimum absolute atomic E-state index is 0.0392. The van der Waals surface area contributed by atoms with E-state index in [4.69, 9.17) is 19.2 Å². The van der Waals surface area contributed by atoms with Crippen molar-refractivity contribution >= 4 is 23.3 Å². The number of methoxy groups -OCH3 is 2. The average Bonchev–Trinajstić information content (AvgIpc) is 2.65. The summed E-state index contributed by atoms with van der Waals surface area (Å²) in [6.45, 7) is 6.51. The van der Waals surface area contributed by atoms with Crippen LogP contribution in [-0.2, 0) is 14.3 Å². The van der Waals surface area contributed by atoms with Crippen LogP contribution in [0.5, 0.6) is 5.75 Å². The second-order valence-electron chi connectivity index (χ2n) is 7.32. The summed E-state index contributed by atoms with van der Waals surface area (Å²) in [7, 11) is 2.87. The third kappa shape index (κ3) is 5.84. The molecule has 0 bridgehead atoms. The first-order valence-corrected chi connectivity index (χ1v) is 9.22. The number of benzene rings is 1. The minimum Gasteiger partial charge on any atom is -0.497 e. The summed E-state index contributed by atoms with van der Waals surface area (Å²) in [5.41, 5.74) is 2.55. The SMILES string of the molecule is CCOC(=O)CNC1=C/C(=N/c2ccc(OC)cc2C(=O)OC)CC(C)(C)C1. The van der Waals surface area contributed by atoms with E-state index < -0.39 is 5.97 Å². The molecule has 0 amide bonds. The first-order chi connectivity index (χ1) is 13.3. The third-order valence-corrected chi connectivity index (χ3v) is 4.31. The van der Waals surface area contributed by atoms with Crippen LogP contribution < -0.4 is 10.1 Å². The first kappa shape index (κ1) is 21.5. The molecule has 2 rings (SSSR count). The average molecular weight is 388 g/mol. The lowest BCUT2D eigenvalue weighted by Gasteiger charge is -2.31. The number of rotatable bonds is 7. The van der Waals surface area contributed by atoms with Crippen molar-refractivity contribution in [3.8, 4) is 5.75 Å². The number of ether oxygens (including phenoxy) is 3. The normalized spacial score (nSPS) is 16.9. The van der Waals surface area contributed by atoms with E-state index in [9.17, 15) is 9.59 Å². The zero-order chi connectivity index (χ0) is 20.7. The second-order valence-corrected chi connectivity index (χ2v) is 7.32. The number of allylic oxidation sites excluding steroid dienone is 2. The van der Waals surface area contributed by atoms with Gasteiger partial charge < -0.3 is 19.5 Å². The van der Waals surface area contributed by atoms with Gasteiger partial charge in [-0.15, -0.1) is 0 Å². The molecule has 0 atom stereocenters. The van der Waals surface area contributed by atoms with Gasteiger partial charge in [0.15, 0.2) is 0 Å². The van der Waals surface area contributed by atoms with Crippen LogP contribution in [0.15, 0.2) is 35.0 Å². The van der Waals surface area contributed by atoms with Gasteiger partial charge in [0.2, 0.25) is 0 Å². The summed E-state index contributed by atoms with van der Waals surface area (Å²) in [5.74, 6) is -0.216. The Labute approximate surface area is 165 Å². The number of nitrogens with one attached hydrogen (secondary N) is 1. The van der Waals surface area contributed by atoms with E-state index in [2.05, 4.69) is 19.2 Å². The monoisotopic (exact) mass is 388 g/mol. The molecule has 0 saturated heterocycles. The molecule has 1 aromatic rings. The molecule has 1 aliphatic carbocycles. The molecule has 1 N–H and O–H groups in total. The highest BCUT2D eigenvalue weighted by Crippen LogP contribution is 2.35. The number of nitrogens with zero attached hydrogens (tertiary/aromatic N) is 1. The lowest BCUT2D eigenvalue weighted by Crippen LogP contribution is -2.31. The Balaban J connectivity index is 2.33. The Morgan fingerprint density at radius 3 is 2.61 bits per heavy atom. The fourth-order valence-corrected chi connectivity index (χ4v) is 3.12. The minimum atomic E-state index is -0.474. The van der Waals surface area contributed by atoms with Gasteiger partial charge >= 0.3 is 11.9 Å². The van der Waals surface area contributed by atoms with Gasteiger partial charge in [-0.3, -0.25) is 9.79 Å². The maximum Gasteiger partial charge on any atom is 0.340 e. The summed E-state index contributed by atoms with van der Waals surface area (Å²) in [4.78, 5) is 28.5. The lowest BCUT2D eigenvalue weighted by molar-refractivity contribution is -0.141. The molecule has 0 aliphatic heterocycles. The molecule has 0 saturated carbocycles. The molecular formula is C21H28N2O5. The Kier molecular flexibility index (Phi) is 7.20. The molecule has 0 aromatic heterocycles. The Hall–Kier alpha value is -2.83. The summed E-state index contributed by atoms with van der Waals surface area (Å²) in [6.07, 6.45) is 3.46. The topological polar surface area (TPSA) is 86.2 Å². The van der Waals surface area contributed by atoms with Crippen LogP contribution in [0.2, 0.25) is 0 Å². The van der Waals surface area contributed by atoms with Crippen molar-refractivity contribution in [1.29, 1.82) is 0 Å². The second kappa shape index (κ2) is 9.39. The van der Waals surface area contributed by atoms with Gasteiger partial charge in [-0.05, 0) is 49.5 Å². The maximum atomic E-state index is 12.1. The summed E-state index contributed by atoms with van der Waals surface area (Å²) in [6, 6.07) is 5.10. The highest BCUT2D eigenvalue weighted by Gasteiger charge is 2.27. The molecule has 7 nitrogen and oxygen atoms in total. The smallest absolute Gasteiger partial charge is 0.340 e. The Morgan fingerprint density at radius 2 is 1.96 bits per heavy atom. The van der Waals surface area contributed by atoms with Crippen molar-refractivity contribution in [3.05, 3.63) is 35.5 Å². The van der Waals surface area contributed by atoms with E-state index in [0.29, 0.717) is 23.6 Å². The van der Waals surface area contributed by atoms with Crippen LogP contribution in [0.1, 0.15) is 44.0 Å². The van der Waals surface area contributed by atoms with Crippen molar-refractivity contribution in [1.82, 2.24) is 5.32 Å². The fourth-order valence-electron chi connectivity index (χ4n) is 3.12. The van der Waals surface area contributed by atoms with Crippen LogP contribution in [0.25, 0.3) is 0 Å². The molecule has 0 spiro atoms. The lowest BCUT2D eigenvalue weighted by atomic mass is 9.78. The summed E-state index contributed by atoms with van der Waals surface area (Å²) < 4.78 is 15.0. The molecule has 1 aromatic carbocycles. The van der Waals surface area contributed by atoms with Gasteiger partial charge in [0.05, 0.1) is 32.1 Å². The van der Waals surface area contributed by atoms with Crippen molar-refractivity contribution in [3.63, 3.8) is 0 Å². The highest BCUT2D eigenvalue weighted by molar-refractivity contribution is 6.02. The molecule has 1 aliphatic rings. The largest absolute Gasteiger partial charge is 0.497 e. The fraction of sp³-hybridized carbons (Fsp3) is 0.476. The van der Waals surface area contributed by atoms with Gasteiger partial charge in [0.1, 0.15) is 12.3 Å². The van der Waals surface area contributed by atoms with E-state index >= 15 is 0 Å². The third-order valence-electron chi connectivity index (χ3n) is 4.31. The predicted octanol–water partition coefficient (Wildman–Crippen LogP) is 3.41. The highest BCUT2D eigenvalue weighted by atomic mass is 16.5. The Bertz CT molecular complexity index is 796. The van der Waals surface area contributed by atoms with Gasteiger partial charge in [-0.1, -0.05) is 13.8 Å². The number of hydrogen-bond acceptors (Lipinski definition) is 7. The van der Waals surface area contributed by atoms with Gasteiger partial charge in [0, 0.05) is 11.4 Å². The van der Waals surface area contributed by atoms with Gasteiger partial charge in [-0.25, -0.2) is 4.79 Å². The van der Waals surface area contributed by atoms with E-state index in [1.165, 1.54) is 14.2 Å². The summed E-state index contributed by atoms with van der Waals surface area (Å²) >= 11 is 0. The predicted molar refractivity (Wildman–Crippen MR) is 107 cm³/mol. The molecule has 0 heterocycles. The van der Waals surface area contributed by atoms with E-state index in [-0.39, 0.29) is 17.9 Å². The number of carbonyl (C=O) groups is 2. The van der Waals surface area contributed by atoms with Gasteiger partial charge in [-0.2, -0.15) is 0 Å².